The van der Waals surface area contributed by atoms with Gasteiger partial charge in [-0.25, -0.2) is 15.9 Å². The highest BCUT2D eigenvalue weighted by Crippen LogP contribution is 2.60. The molecule has 326 valence electrons. The highest BCUT2D eigenvalue weighted by Gasteiger charge is 2.56. The first-order valence-electron chi connectivity index (χ1n) is 19.2. The van der Waals surface area contributed by atoms with Gasteiger partial charge in [-0.1, -0.05) is 29.6 Å². The van der Waals surface area contributed by atoms with Gasteiger partial charge in [0.25, 0.3) is 5.91 Å². The molecule has 3 N–H and O–H groups in total. The van der Waals surface area contributed by atoms with Crippen molar-refractivity contribution >= 4 is 66.1 Å². The Morgan fingerprint density at radius 1 is 1.10 bits per heavy atom. The predicted octanol–water partition coefficient (Wildman–Crippen LogP) is 7.97. The number of carbonyl (C=O) groups excluding carboxylic acids is 4. The van der Waals surface area contributed by atoms with Crippen LogP contribution in [-0.4, -0.2) is 81.0 Å². The fourth-order valence-corrected chi connectivity index (χ4v) is 9.32. The molecule has 0 fully saturated rings. The van der Waals surface area contributed by atoms with Crippen LogP contribution in [0, 0.1) is 12.5 Å². The van der Waals surface area contributed by atoms with Gasteiger partial charge < -0.3 is 35.0 Å². The van der Waals surface area contributed by atoms with Gasteiger partial charge in [-0.05, 0) is 62.4 Å². The number of phosphoric ester groups is 1. The van der Waals surface area contributed by atoms with E-state index in [-0.39, 0.29) is 100 Å². The second-order valence-electron chi connectivity index (χ2n) is 14.2. The molecule has 3 amide bonds. The number of aliphatic hydroxyl groups excluding tert-OH is 1. The van der Waals surface area contributed by atoms with Crippen molar-refractivity contribution in [2.24, 2.45) is 5.92 Å². The Morgan fingerprint density at radius 3 is 2.54 bits per heavy atom. The van der Waals surface area contributed by atoms with Crippen LogP contribution in [-0.2, 0) is 44.5 Å². The van der Waals surface area contributed by atoms with Gasteiger partial charge in [0, 0.05) is 67.0 Å². The number of carbonyl (C=O) groups is 4. The van der Waals surface area contributed by atoms with E-state index in [2.05, 4.69) is 10.2 Å². The molecule has 1 spiro atoms. The molecule has 0 aromatic heterocycles. The molecule has 3 aromatic rings. The van der Waals surface area contributed by atoms with Crippen LogP contribution in [0.2, 0.25) is 10.0 Å². The molecule has 3 unspecified atom stereocenters. The lowest BCUT2D eigenvalue weighted by Crippen LogP contribution is -2.36. The number of aryl methyl sites for hydroxylation is 1. The van der Waals surface area contributed by atoms with Gasteiger partial charge in [-0.2, -0.15) is 13.2 Å². The number of halogens is 5. The van der Waals surface area contributed by atoms with E-state index in [1.807, 2.05) is 0 Å². The van der Waals surface area contributed by atoms with Crippen molar-refractivity contribution in [1.29, 1.82) is 0 Å². The lowest BCUT2D eigenvalue weighted by molar-refractivity contribution is -0.167. The maximum atomic E-state index is 14.0. The van der Waals surface area contributed by atoms with Crippen molar-refractivity contribution < 1.29 is 65.1 Å². The zero-order valence-corrected chi connectivity index (χ0v) is 35.2. The zero-order chi connectivity index (χ0) is 44.3. The minimum Gasteiger partial charge on any atom is -0.456 e. The third-order valence-corrected chi connectivity index (χ3v) is 12.4. The van der Waals surface area contributed by atoms with Crippen molar-refractivity contribution in [2.75, 3.05) is 56.3 Å². The molecule has 3 heterocycles. The van der Waals surface area contributed by atoms with Crippen molar-refractivity contribution in [3.8, 4) is 11.5 Å². The fourth-order valence-electron chi connectivity index (χ4n) is 7.44. The van der Waals surface area contributed by atoms with Crippen LogP contribution in [0.5, 0.6) is 11.5 Å². The van der Waals surface area contributed by atoms with Crippen LogP contribution in [0.25, 0.3) is 4.85 Å². The van der Waals surface area contributed by atoms with Crippen molar-refractivity contribution in [3.05, 3.63) is 91.2 Å². The van der Waals surface area contributed by atoms with Crippen LogP contribution >= 0.6 is 31.0 Å². The topological polar surface area (TPSA) is 183 Å². The molecule has 0 radical (unpaired) electrons. The number of nitrogens with one attached hydrogen (secondary N) is 2. The molecule has 15 nitrogen and oxygen atoms in total. The SMILES string of the molecule is [C-]#[N+]CCOP(=O)(OCC)OCC(CO)CCCCNC(=O)c1cc(Cl)c2c(c1Cl)C(=O)OC21c2ccc(NC(=O)C(F)(F)F)cc2Oc2cc3c(cc21)CCCN3C(C)=O. The van der Waals surface area contributed by atoms with Crippen LogP contribution in [0.4, 0.5) is 24.5 Å². The van der Waals surface area contributed by atoms with Gasteiger partial charge in [0.05, 0.1) is 40.1 Å². The third-order valence-electron chi connectivity index (χ3n) is 10.2. The first-order valence-corrected chi connectivity index (χ1v) is 21.4. The van der Waals surface area contributed by atoms with Crippen LogP contribution in [0.15, 0.2) is 36.4 Å². The number of anilines is 2. The molecule has 3 aliphatic rings. The minimum atomic E-state index is -5.19. The van der Waals surface area contributed by atoms with E-state index < -0.39 is 43.3 Å². The number of ether oxygens (including phenoxy) is 2. The summed E-state index contributed by atoms with van der Waals surface area (Å²) in [5, 5.41) is 14.0. The predicted molar refractivity (Wildman–Crippen MR) is 215 cm³/mol. The number of esters is 1. The second kappa shape index (κ2) is 18.7. The summed E-state index contributed by atoms with van der Waals surface area (Å²) in [5.41, 5.74) is -0.882. The van der Waals surface area contributed by atoms with Gasteiger partial charge in [0.2, 0.25) is 12.5 Å². The molecule has 6 rings (SSSR count). The number of alkyl halides is 3. The van der Waals surface area contributed by atoms with E-state index in [0.29, 0.717) is 49.9 Å². The zero-order valence-electron chi connectivity index (χ0n) is 32.8. The summed E-state index contributed by atoms with van der Waals surface area (Å²) in [6.45, 7) is 9.84. The summed E-state index contributed by atoms with van der Waals surface area (Å²) >= 11 is 13.8. The Bertz CT molecular complexity index is 2340. The number of unbranched alkanes of at least 4 members (excludes halogenated alkanes) is 1. The summed E-state index contributed by atoms with van der Waals surface area (Å²) in [6, 6.07) is 8.21. The molecule has 3 aliphatic heterocycles. The van der Waals surface area contributed by atoms with Gasteiger partial charge >= 0.3 is 25.9 Å². The van der Waals surface area contributed by atoms with E-state index >= 15 is 0 Å². The van der Waals surface area contributed by atoms with E-state index in [0.717, 1.165) is 6.07 Å². The number of rotatable bonds is 16. The van der Waals surface area contributed by atoms with Gasteiger partial charge in [0.1, 0.15) is 18.1 Å². The number of nitrogens with zero attached hydrogens (tertiary/aromatic N) is 2. The smallest absolute Gasteiger partial charge is 0.456 e. The molecule has 0 aliphatic carbocycles. The monoisotopic (exact) mass is 910 g/mol. The average molecular weight is 912 g/mol. The van der Waals surface area contributed by atoms with E-state index in [9.17, 15) is 42.0 Å². The minimum absolute atomic E-state index is 0.0325. The van der Waals surface area contributed by atoms with Crippen molar-refractivity contribution in [3.63, 3.8) is 0 Å². The molecule has 0 saturated carbocycles. The summed E-state index contributed by atoms with van der Waals surface area (Å²) < 4.78 is 80.5. The molecular formula is C40H40Cl2F3N4O11P. The highest BCUT2D eigenvalue weighted by molar-refractivity contribution is 7.48. The van der Waals surface area contributed by atoms with Crippen molar-refractivity contribution in [2.45, 2.75) is 57.7 Å². The van der Waals surface area contributed by atoms with Gasteiger partial charge in [0.15, 0.2) is 5.60 Å². The normalized spacial score (nSPS) is 17.8. The Kier molecular flexibility index (Phi) is 14.0. The number of hydrogen-bond acceptors (Lipinski definition) is 11. The van der Waals surface area contributed by atoms with E-state index in [1.165, 1.54) is 25.1 Å². The first-order chi connectivity index (χ1) is 29.0. The van der Waals surface area contributed by atoms with Crippen LogP contribution < -0.4 is 20.3 Å². The van der Waals surface area contributed by atoms with Crippen molar-refractivity contribution in [1.82, 2.24) is 5.32 Å². The lowest BCUT2D eigenvalue weighted by Gasteiger charge is -2.39. The number of phosphoric acid groups is 1. The number of fused-ring (bicyclic) bond motifs is 7. The Labute approximate surface area is 358 Å². The molecule has 21 heteroatoms. The maximum absolute atomic E-state index is 14.0. The van der Waals surface area contributed by atoms with Crippen LogP contribution in [0.1, 0.15) is 82.5 Å². The number of aliphatic hydroxyl groups is 1. The number of amides is 3. The fraction of sp³-hybridized carbons (Fsp3) is 0.425. The standard InChI is InChI=1S/C40H40Cl2F3N4O11P/c1-4-56-61(55,57-15-13-46-3)58-21-23(20-50)8-5-6-12-47-36(52)26-18-29(41)34-33(35(26)42)37(53)60-39(34)27-11-10-25(48-38(54)40(43,44)45)17-31(27)59-32-19-30-24(16-28(32)39)9-7-14-49(30)22(2)51/h10-11,16-19,23,50H,4-9,12-15,20-21H2,1-2H3,(H,47,52)(H,48,54). The molecule has 3 aromatic carbocycles. The molecule has 3 atom stereocenters. The Morgan fingerprint density at radius 2 is 1.85 bits per heavy atom. The average Bonchev–Trinajstić information content (AvgIpc) is 3.52. The number of benzene rings is 3. The molecular weight excluding hydrogens is 871 g/mol. The molecule has 61 heavy (non-hydrogen) atoms. The van der Waals surface area contributed by atoms with E-state index in [1.54, 1.807) is 29.3 Å². The lowest BCUT2D eigenvalue weighted by atomic mass is 9.76. The Hall–Kier alpha value is -4.73. The maximum Gasteiger partial charge on any atom is 0.475 e. The third kappa shape index (κ3) is 9.39. The second-order valence-corrected chi connectivity index (χ2v) is 16.7. The summed E-state index contributed by atoms with van der Waals surface area (Å²) in [4.78, 5) is 56.7. The van der Waals surface area contributed by atoms with Gasteiger partial charge in [-0.15, -0.1) is 0 Å². The Balaban J connectivity index is 1.26. The summed E-state index contributed by atoms with van der Waals surface area (Å²) in [5.74, 6) is -4.57. The van der Waals surface area contributed by atoms with Crippen LogP contribution in [0.3, 0.4) is 0 Å². The highest BCUT2D eigenvalue weighted by atomic mass is 35.5. The quantitative estimate of drug-likeness (QED) is 0.0549. The summed E-state index contributed by atoms with van der Waals surface area (Å²) in [6.07, 6.45) is -2.69. The first kappa shape index (κ1) is 45.8. The van der Waals surface area contributed by atoms with E-state index in [4.69, 9.17) is 52.8 Å². The van der Waals surface area contributed by atoms with Gasteiger partial charge in [-0.3, -0.25) is 28.0 Å². The molecule has 0 saturated heterocycles. The largest absolute Gasteiger partial charge is 0.475 e. The number of hydrogen-bond donors (Lipinski definition) is 3. The summed E-state index contributed by atoms with van der Waals surface area (Å²) in [7, 11) is -3.93. The molecule has 0 bridgehead atoms.